The van der Waals surface area contributed by atoms with Gasteiger partial charge in [0.25, 0.3) is 0 Å². The maximum atomic E-state index is 5.84. The van der Waals surface area contributed by atoms with Crippen LogP contribution in [0.2, 0.25) is 5.02 Å². The standard InChI is InChI=1S/C14H22ClN/c1-3-5-6-7-8-12(4-2)14-10-9-13(15)11-16-14/h9-12H,3-8H2,1-2H3. The molecule has 0 bridgehead atoms. The van der Waals surface area contributed by atoms with E-state index in [0.717, 1.165) is 5.02 Å². The SMILES string of the molecule is CCCCCCC(CC)c1ccc(Cl)cn1. The second-order valence-corrected chi connectivity index (χ2v) is 4.79. The molecular formula is C14H22ClN. The van der Waals surface area contributed by atoms with Gasteiger partial charge in [0.2, 0.25) is 0 Å². The Morgan fingerprint density at radius 3 is 2.56 bits per heavy atom. The second kappa shape index (κ2) is 7.67. The normalized spacial score (nSPS) is 12.7. The van der Waals surface area contributed by atoms with E-state index in [-0.39, 0.29) is 0 Å². The summed E-state index contributed by atoms with van der Waals surface area (Å²) in [4.78, 5) is 4.42. The van der Waals surface area contributed by atoms with Crippen molar-refractivity contribution in [2.45, 2.75) is 58.3 Å². The summed E-state index contributed by atoms with van der Waals surface area (Å²) in [7, 11) is 0. The van der Waals surface area contributed by atoms with Gasteiger partial charge in [-0.05, 0) is 25.0 Å². The zero-order valence-corrected chi connectivity index (χ0v) is 11.1. The Labute approximate surface area is 104 Å². The van der Waals surface area contributed by atoms with Gasteiger partial charge < -0.3 is 0 Å². The highest BCUT2D eigenvalue weighted by atomic mass is 35.5. The number of pyridine rings is 1. The number of rotatable bonds is 7. The van der Waals surface area contributed by atoms with Crippen LogP contribution in [-0.4, -0.2) is 4.98 Å². The van der Waals surface area contributed by atoms with Crippen LogP contribution in [0, 0.1) is 0 Å². The van der Waals surface area contributed by atoms with E-state index in [0.29, 0.717) is 5.92 Å². The van der Waals surface area contributed by atoms with Crippen LogP contribution in [-0.2, 0) is 0 Å². The van der Waals surface area contributed by atoms with E-state index >= 15 is 0 Å². The quantitative estimate of drug-likeness (QED) is 0.596. The van der Waals surface area contributed by atoms with Gasteiger partial charge in [0.1, 0.15) is 0 Å². The molecule has 0 aliphatic carbocycles. The maximum Gasteiger partial charge on any atom is 0.0589 e. The zero-order valence-electron chi connectivity index (χ0n) is 10.4. The lowest BCUT2D eigenvalue weighted by Crippen LogP contribution is -2.00. The second-order valence-electron chi connectivity index (χ2n) is 4.36. The Balaban J connectivity index is 2.44. The third kappa shape index (κ3) is 4.52. The van der Waals surface area contributed by atoms with E-state index in [4.69, 9.17) is 11.6 Å². The summed E-state index contributed by atoms with van der Waals surface area (Å²) in [5, 5.41) is 0.726. The van der Waals surface area contributed by atoms with Gasteiger partial charge in [0, 0.05) is 17.8 Å². The van der Waals surface area contributed by atoms with Gasteiger partial charge in [-0.25, -0.2) is 0 Å². The summed E-state index contributed by atoms with van der Waals surface area (Å²) in [6, 6.07) is 4.01. The molecule has 0 saturated heterocycles. The lowest BCUT2D eigenvalue weighted by molar-refractivity contribution is 0.533. The van der Waals surface area contributed by atoms with E-state index in [1.165, 1.54) is 44.2 Å². The predicted molar refractivity (Wildman–Crippen MR) is 71.0 cm³/mol. The van der Waals surface area contributed by atoms with Gasteiger partial charge in [0.05, 0.1) is 5.02 Å². The topological polar surface area (TPSA) is 12.9 Å². The molecular weight excluding hydrogens is 218 g/mol. The Hall–Kier alpha value is -0.560. The van der Waals surface area contributed by atoms with Crippen LogP contribution in [0.25, 0.3) is 0 Å². The van der Waals surface area contributed by atoms with Crippen molar-refractivity contribution in [3.63, 3.8) is 0 Å². The third-order valence-corrected chi connectivity index (χ3v) is 3.29. The number of hydrogen-bond donors (Lipinski definition) is 0. The predicted octanol–water partition coefficient (Wildman–Crippen LogP) is 5.20. The Morgan fingerprint density at radius 2 is 2.00 bits per heavy atom. The molecule has 0 aliphatic rings. The Kier molecular flexibility index (Phi) is 6.47. The number of nitrogens with zero attached hydrogens (tertiary/aromatic N) is 1. The first kappa shape index (κ1) is 13.5. The fourth-order valence-electron chi connectivity index (χ4n) is 2.01. The van der Waals surface area contributed by atoms with Gasteiger partial charge in [-0.15, -0.1) is 0 Å². The highest BCUT2D eigenvalue weighted by molar-refractivity contribution is 6.30. The van der Waals surface area contributed by atoms with Gasteiger partial charge in [-0.3, -0.25) is 4.98 Å². The Morgan fingerprint density at radius 1 is 1.19 bits per heavy atom. The van der Waals surface area contributed by atoms with Crippen LogP contribution in [0.1, 0.15) is 64.0 Å². The molecule has 16 heavy (non-hydrogen) atoms. The first-order valence-corrected chi connectivity index (χ1v) is 6.77. The molecule has 1 nitrogen and oxygen atoms in total. The number of aromatic nitrogens is 1. The molecule has 0 saturated carbocycles. The smallest absolute Gasteiger partial charge is 0.0589 e. The molecule has 0 amide bonds. The lowest BCUT2D eigenvalue weighted by atomic mass is 9.94. The van der Waals surface area contributed by atoms with Crippen molar-refractivity contribution < 1.29 is 0 Å². The minimum atomic E-state index is 0.606. The minimum Gasteiger partial charge on any atom is -0.259 e. The highest BCUT2D eigenvalue weighted by Crippen LogP contribution is 2.24. The molecule has 2 heteroatoms. The molecule has 1 rings (SSSR count). The van der Waals surface area contributed by atoms with Crippen LogP contribution in [0.3, 0.4) is 0 Å². The van der Waals surface area contributed by atoms with E-state index < -0.39 is 0 Å². The van der Waals surface area contributed by atoms with E-state index in [1.54, 1.807) is 6.20 Å². The fraction of sp³-hybridized carbons (Fsp3) is 0.643. The van der Waals surface area contributed by atoms with Crippen molar-refractivity contribution in [3.05, 3.63) is 29.0 Å². The van der Waals surface area contributed by atoms with Crippen LogP contribution in [0.4, 0.5) is 0 Å². The van der Waals surface area contributed by atoms with Crippen molar-refractivity contribution >= 4 is 11.6 Å². The largest absolute Gasteiger partial charge is 0.259 e. The molecule has 0 spiro atoms. The van der Waals surface area contributed by atoms with Gasteiger partial charge in [-0.2, -0.15) is 0 Å². The zero-order chi connectivity index (χ0) is 11.8. The average Bonchev–Trinajstić information content (AvgIpc) is 2.31. The molecule has 1 aromatic rings. The van der Waals surface area contributed by atoms with E-state index in [1.807, 2.05) is 6.07 Å². The molecule has 90 valence electrons. The van der Waals surface area contributed by atoms with Crippen molar-refractivity contribution in [2.75, 3.05) is 0 Å². The van der Waals surface area contributed by atoms with E-state index in [2.05, 4.69) is 24.9 Å². The number of unbranched alkanes of at least 4 members (excludes halogenated alkanes) is 3. The first-order valence-electron chi connectivity index (χ1n) is 6.39. The average molecular weight is 240 g/mol. The molecule has 1 heterocycles. The van der Waals surface area contributed by atoms with Crippen LogP contribution in [0.5, 0.6) is 0 Å². The molecule has 1 aromatic heterocycles. The minimum absolute atomic E-state index is 0.606. The number of hydrogen-bond acceptors (Lipinski definition) is 1. The maximum absolute atomic E-state index is 5.84. The van der Waals surface area contributed by atoms with Crippen molar-refractivity contribution in [3.8, 4) is 0 Å². The van der Waals surface area contributed by atoms with Crippen LogP contribution in [0.15, 0.2) is 18.3 Å². The van der Waals surface area contributed by atoms with Crippen molar-refractivity contribution in [1.82, 2.24) is 4.98 Å². The third-order valence-electron chi connectivity index (χ3n) is 3.07. The molecule has 0 fully saturated rings. The fourth-order valence-corrected chi connectivity index (χ4v) is 2.12. The summed E-state index contributed by atoms with van der Waals surface area (Å²) in [5.41, 5.74) is 1.20. The highest BCUT2D eigenvalue weighted by Gasteiger charge is 2.09. The summed E-state index contributed by atoms with van der Waals surface area (Å²) in [5.74, 6) is 0.606. The first-order chi connectivity index (χ1) is 7.77. The van der Waals surface area contributed by atoms with Crippen LogP contribution < -0.4 is 0 Å². The molecule has 0 aromatic carbocycles. The molecule has 1 atom stereocenters. The van der Waals surface area contributed by atoms with Gasteiger partial charge >= 0.3 is 0 Å². The van der Waals surface area contributed by atoms with Crippen molar-refractivity contribution in [1.29, 1.82) is 0 Å². The lowest BCUT2D eigenvalue weighted by Gasteiger charge is -2.13. The van der Waals surface area contributed by atoms with Crippen molar-refractivity contribution in [2.24, 2.45) is 0 Å². The molecule has 0 N–H and O–H groups in total. The van der Waals surface area contributed by atoms with E-state index in [9.17, 15) is 0 Å². The summed E-state index contributed by atoms with van der Waals surface area (Å²) < 4.78 is 0. The summed E-state index contributed by atoms with van der Waals surface area (Å²) in [6.07, 6.45) is 9.50. The summed E-state index contributed by atoms with van der Waals surface area (Å²) >= 11 is 5.84. The van der Waals surface area contributed by atoms with Gasteiger partial charge in [-0.1, -0.05) is 51.1 Å². The van der Waals surface area contributed by atoms with Gasteiger partial charge in [0.15, 0.2) is 0 Å². The molecule has 0 radical (unpaired) electrons. The monoisotopic (exact) mass is 239 g/mol. The number of halogens is 1. The molecule has 1 unspecified atom stereocenters. The Bertz CT molecular complexity index is 281. The molecule has 0 aliphatic heterocycles. The van der Waals surface area contributed by atoms with Crippen LogP contribution >= 0.6 is 11.6 Å². The summed E-state index contributed by atoms with van der Waals surface area (Å²) in [6.45, 7) is 4.48.